The maximum absolute atomic E-state index is 10.5. The minimum Gasteiger partial charge on any atom is -0.159 e. The van der Waals surface area contributed by atoms with E-state index in [9.17, 15) is 13.2 Å². The van der Waals surface area contributed by atoms with Gasteiger partial charge in [-0.2, -0.15) is 13.2 Å². The Morgan fingerprint density at radius 2 is 1.43 bits per heavy atom. The number of hydrogen-bond donors (Lipinski definition) is 0. The van der Waals surface area contributed by atoms with Gasteiger partial charge >= 0.3 is 6.18 Å². The van der Waals surface area contributed by atoms with E-state index in [1.807, 2.05) is 0 Å². The van der Waals surface area contributed by atoms with Gasteiger partial charge in [0.1, 0.15) is 0 Å². The van der Waals surface area contributed by atoms with Crippen LogP contribution in [0.25, 0.3) is 0 Å². The van der Waals surface area contributed by atoms with Crippen LogP contribution in [0.2, 0.25) is 0 Å². The van der Waals surface area contributed by atoms with Crippen LogP contribution < -0.4 is 0 Å². The van der Waals surface area contributed by atoms with Crippen LogP contribution in [0, 0.1) is 12.3 Å². The molecule has 0 aromatic rings. The molecular formula is C3HCaF3. The Morgan fingerprint density at radius 3 is 1.43 bits per heavy atom. The SMILES string of the molecule is C#CC(F)(F)F.[Ca]. The van der Waals surface area contributed by atoms with Crippen LogP contribution in [0.3, 0.4) is 0 Å². The van der Waals surface area contributed by atoms with E-state index in [1.54, 1.807) is 0 Å². The molecule has 0 spiro atoms. The molecule has 0 aliphatic rings. The third-order valence-electron chi connectivity index (χ3n) is 0.164. The number of rotatable bonds is 0. The van der Waals surface area contributed by atoms with Crippen LogP contribution in [0.1, 0.15) is 0 Å². The molecule has 0 aromatic carbocycles. The molecule has 0 aliphatic heterocycles. The van der Waals surface area contributed by atoms with Crippen molar-refractivity contribution in [1.82, 2.24) is 0 Å². The van der Waals surface area contributed by atoms with E-state index in [1.165, 1.54) is 0 Å². The van der Waals surface area contributed by atoms with Crippen LogP contribution in [0.15, 0.2) is 0 Å². The largest absolute Gasteiger partial charge is 0.457 e. The Hall–Kier alpha value is 0.610. The van der Waals surface area contributed by atoms with Gasteiger partial charge < -0.3 is 0 Å². The van der Waals surface area contributed by atoms with Gasteiger partial charge in [0.25, 0.3) is 0 Å². The third-order valence-corrected chi connectivity index (χ3v) is 0.164. The average molecular weight is 134 g/mol. The van der Waals surface area contributed by atoms with Crippen molar-refractivity contribution in [3.05, 3.63) is 0 Å². The second-order valence-electron chi connectivity index (χ2n) is 0.642. The third kappa shape index (κ3) is 10.8. The zero-order valence-corrected chi connectivity index (χ0v) is 5.63. The zero-order valence-electron chi connectivity index (χ0n) is 3.42. The quantitative estimate of drug-likeness (QED) is 0.339. The van der Waals surface area contributed by atoms with Gasteiger partial charge in [-0.1, -0.05) is 0 Å². The second-order valence-corrected chi connectivity index (χ2v) is 0.642. The van der Waals surface area contributed by atoms with Gasteiger partial charge in [0.05, 0.1) is 0 Å². The summed E-state index contributed by atoms with van der Waals surface area (Å²) in [7, 11) is 0. The van der Waals surface area contributed by atoms with Gasteiger partial charge in [-0.25, -0.2) is 0 Å². The molecule has 36 valence electrons. The van der Waals surface area contributed by atoms with Crippen molar-refractivity contribution in [3.63, 3.8) is 0 Å². The molecule has 7 heavy (non-hydrogen) atoms. The fourth-order valence-electron chi connectivity index (χ4n) is 0. The van der Waals surface area contributed by atoms with Crippen molar-refractivity contribution in [1.29, 1.82) is 0 Å². The first-order chi connectivity index (χ1) is 2.56. The second kappa shape index (κ2) is 3.59. The number of terminal acetylenes is 1. The van der Waals surface area contributed by atoms with Gasteiger partial charge in [-0.3, -0.25) is 0 Å². The molecule has 0 unspecified atom stereocenters. The van der Waals surface area contributed by atoms with Gasteiger partial charge in [0.15, 0.2) is 0 Å². The summed E-state index contributed by atoms with van der Waals surface area (Å²) < 4.78 is 31.6. The van der Waals surface area contributed by atoms with Gasteiger partial charge in [0.2, 0.25) is 0 Å². The molecular weight excluding hydrogens is 133 g/mol. The van der Waals surface area contributed by atoms with Crippen LogP contribution in [-0.2, 0) is 0 Å². The maximum Gasteiger partial charge on any atom is 0.457 e. The molecule has 0 nitrogen and oxygen atoms in total. The Morgan fingerprint density at radius 1 is 1.29 bits per heavy atom. The van der Waals surface area contributed by atoms with E-state index in [2.05, 4.69) is 6.42 Å². The summed E-state index contributed by atoms with van der Waals surface area (Å²) >= 11 is 0. The van der Waals surface area contributed by atoms with Gasteiger partial charge in [-0.05, 0) is 0 Å². The Bertz CT molecular complexity index is 77.2. The monoisotopic (exact) mass is 134 g/mol. The predicted molar refractivity (Wildman–Crippen MR) is 20.6 cm³/mol. The van der Waals surface area contributed by atoms with E-state index in [0.717, 1.165) is 0 Å². The Balaban J connectivity index is 0. The van der Waals surface area contributed by atoms with Crippen molar-refractivity contribution < 1.29 is 13.2 Å². The van der Waals surface area contributed by atoms with E-state index in [-0.39, 0.29) is 37.7 Å². The predicted octanol–water partition coefficient (Wildman–Crippen LogP) is 0.801. The summed E-state index contributed by atoms with van der Waals surface area (Å²) in [4.78, 5) is 0. The minimum atomic E-state index is -4.43. The number of halogens is 3. The van der Waals surface area contributed by atoms with Crippen LogP contribution in [0.5, 0.6) is 0 Å². The van der Waals surface area contributed by atoms with Crippen molar-refractivity contribution in [2.45, 2.75) is 6.18 Å². The first kappa shape index (κ1) is 10.6. The number of alkyl halides is 3. The van der Waals surface area contributed by atoms with E-state index in [4.69, 9.17) is 0 Å². The fourth-order valence-corrected chi connectivity index (χ4v) is 0. The van der Waals surface area contributed by atoms with Crippen molar-refractivity contribution in [2.75, 3.05) is 0 Å². The van der Waals surface area contributed by atoms with Crippen LogP contribution in [0.4, 0.5) is 13.2 Å². The standard InChI is InChI=1S/C3HF3.Ca/c1-2-3(4,5)6;/h1H;. The van der Waals surface area contributed by atoms with E-state index < -0.39 is 6.18 Å². The summed E-state index contributed by atoms with van der Waals surface area (Å²) in [5, 5.41) is 0. The molecule has 0 N–H and O–H groups in total. The molecule has 0 fully saturated rings. The molecule has 0 saturated heterocycles. The summed E-state index contributed by atoms with van der Waals surface area (Å²) in [6.07, 6.45) is -0.500. The molecule has 0 atom stereocenters. The maximum atomic E-state index is 10.5. The normalized spacial score (nSPS) is 8.86. The van der Waals surface area contributed by atoms with E-state index >= 15 is 0 Å². The molecule has 0 heterocycles. The van der Waals surface area contributed by atoms with E-state index in [0.29, 0.717) is 5.92 Å². The van der Waals surface area contributed by atoms with Crippen molar-refractivity contribution in [2.24, 2.45) is 0 Å². The first-order valence-electron chi connectivity index (χ1n) is 1.11. The summed E-state index contributed by atoms with van der Waals surface area (Å²) in [5.41, 5.74) is 0. The molecule has 2 radical (unpaired) electrons. The molecule has 0 saturated carbocycles. The van der Waals surface area contributed by atoms with Crippen LogP contribution >= 0.6 is 0 Å². The smallest absolute Gasteiger partial charge is 0.159 e. The first-order valence-corrected chi connectivity index (χ1v) is 1.11. The van der Waals surface area contributed by atoms with Crippen molar-refractivity contribution in [3.8, 4) is 12.3 Å². The molecule has 0 bridgehead atoms. The van der Waals surface area contributed by atoms with Crippen LogP contribution in [-0.4, -0.2) is 43.9 Å². The summed E-state index contributed by atoms with van der Waals surface area (Å²) in [6.45, 7) is 0. The average Bonchev–Trinajstić information content (AvgIpc) is 1.35. The zero-order chi connectivity index (χ0) is 5.21. The van der Waals surface area contributed by atoms with Crippen molar-refractivity contribution >= 4 is 37.7 Å². The Kier molecular flexibility index (Phi) is 5.42. The fraction of sp³-hybridized carbons (Fsp3) is 0.333. The van der Waals surface area contributed by atoms with Gasteiger partial charge in [-0.15, -0.1) is 6.42 Å². The summed E-state index contributed by atoms with van der Waals surface area (Å²) in [6, 6.07) is 0. The molecule has 0 amide bonds. The molecule has 0 rings (SSSR count). The topological polar surface area (TPSA) is 0 Å². The summed E-state index contributed by atoms with van der Waals surface area (Å²) in [5.74, 6) is 0.604. The molecule has 4 heteroatoms. The van der Waals surface area contributed by atoms with Gasteiger partial charge in [0, 0.05) is 43.7 Å². The molecule has 0 aliphatic carbocycles. The number of hydrogen-bond acceptors (Lipinski definition) is 0. The minimum absolute atomic E-state index is 0. The molecule has 0 aromatic heterocycles. The Labute approximate surface area is 69.1 Å².